The molecule has 164 valence electrons. The predicted octanol–water partition coefficient (Wildman–Crippen LogP) is 2.59. The monoisotopic (exact) mass is 515 g/mol. The first-order chi connectivity index (χ1) is 13.7. The molecule has 3 rings (SSSR count). The Kier molecular flexibility index (Phi) is 10.7. The molecular weight excluding hydrogens is 477 g/mol. The fourth-order valence-corrected chi connectivity index (χ4v) is 4.04. The molecule has 0 spiro atoms. The summed E-state index contributed by atoms with van der Waals surface area (Å²) in [6.45, 7) is 11.6. The standard InChI is InChI=1S/C22H37N5O.HI/c1-19-8-4-5-9-20(19)21-18-27(16-17-28-21)22(23-2)24-10-6-7-11-26-14-12-25(3)13-15-26;/h4-5,8-9,21H,6-7,10-18H2,1-3H3,(H,23,24);1H. The van der Waals surface area contributed by atoms with Crippen molar-refractivity contribution in [3.63, 3.8) is 0 Å². The lowest BCUT2D eigenvalue weighted by atomic mass is 10.0. The Labute approximate surface area is 193 Å². The zero-order chi connectivity index (χ0) is 19.8. The fraction of sp³-hybridized carbons (Fsp3) is 0.682. The van der Waals surface area contributed by atoms with Gasteiger partial charge < -0.3 is 24.8 Å². The summed E-state index contributed by atoms with van der Waals surface area (Å²) in [7, 11) is 4.09. The first-order valence-electron chi connectivity index (χ1n) is 10.7. The van der Waals surface area contributed by atoms with Gasteiger partial charge in [0.2, 0.25) is 0 Å². The topological polar surface area (TPSA) is 43.3 Å². The number of rotatable bonds is 6. The Balaban J connectivity index is 0.00000300. The summed E-state index contributed by atoms with van der Waals surface area (Å²) in [6.07, 6.45) is 2.53. The number of likely N-dealkylation sites (N-methyl/N-ethyl adjacent to an activating group) is 1. The Bertz CT molecular complexity index is 633. The van der Waals surface area contributed by atoms with Crippen LogP contribution in [-0.4, -0.2) is 93.7 Å². The lowest BCUT2D eigenvalue weighted by molar-refractivity contribution is -0.00831. The van der Waals surface area contributed by atoms with Crippen LogP contribution in [0.4, 0.5) is 0 Å². The molecule has 2 aliphatic rings. The molecule has 29 heavy (non-hydrogen) atoms. The highest BCUT2D eigenvalue weighted by atomic mass is 127. The van der Waals surface area contributed by atoms with E-state index in [2.05, 4.69) is 63.2 Å². The molecule has 1 aromatic rings. The van der Waals surface area contributed by atoms with Gasteiger partial charge in [0.05, 0.1) is 13.2 Å². The van der Waals surface area contributed by atoms with Crippen LogP contribution in [0.15, 0.2) is 29.3 Å². The van der Waals surface area contributed by atoms with E-state index in [9.17, 15) is 0 Å². The second-order valence-corrected chi connectivity index (χ2v) is 7.99. The zero-order valence-corrected chi connectivity index (χ0v) is 20.6. The SMILES string of the molecule is CN=C(NCCCCN1CCN(C)CC1)N1CCOC(c2ccccc2C)C1.I. The molecule has 1 atom stereocenters. The number of unbranched alkanes of at least 4 members (excludes halogenated alkanes) is 1. The zero-order valence-electron chi connectivity index (χ0n) is 18.3. The summed E-state index contributed by atoms with van der Waals surface area (Å²) in [5.41, 5.74) is 2.58. The second-order valence-electron chi connectivity index (χ2n) is 7.99. The highest BCUT2D eigenvalue weighted by Gasteiger charge is 2.25. The highest BCUT2D eigenvalue weighted by molar-refractivity contribution is 14.0. The van der Waals surface area contributed by atoms with E-state index in [-0.39, 0.29) is 30.1 Å². The van der Waals surface area contributed by atoms with Crippen LogP contribution in [0.1, 0.15) is 30.1 Å². The maximum atomic E-state index is 6.05. The Hall–Kier alpha value is -0.900. The molecule has 2 aliphatic heterocycles. The fourth-order valence-electron chi connectivity index (χ4n) is 4.04. The Morgan fingerprint density at radius 2 is 1.90 bits per heavy atom. The number of morpholine rings is 1. The van der Waals surface area contributed by atoms with Crippen LogP contribution in [0.3, 0.4) is 0 Å². The molecule has 7 heteroatoms. The molecule has 0 aliphatic carbocycles. The van der Waals surface area contributed by atoms with E-state index < -0.39 is 0 Å². The van der Waals surface area contributed by atoms with Gasteiger partial charge in [0.25, 0.3) is 0 Å². The minimum Gasteiger partial charge on any atom is -0.370 e. The van der Waals surface area contributed by atoms with Crippen molar-refractivity contribution in [3.8, 4) is 0 Å². The van der Waals surface area contributed by atoms with Crippen LogP contribution in [0.5, 0.6) is 0 Å². The van der Waals surface area contributed by atoms with Gasteiger partial charge >= 0.3 is 0 Å². The smallest absolute Gasteiger partial charge is 0.193 e. The third-order valence-corrected chi connectivity index (χ3v) is 5.89. The van der Waals surface area contributed by atoms with E-state index in [4.69, 9.17) is 4.74 Å². The first kappa shape index (κ1) is 24.4. The highest BCUT2D eigenvalue weighted by Crippen LogP contribution is 2.24. The van der Waals surface area contributed by atoms with Crippen LogP contribution in [0.25, 0.3) is 0 Å². The summed E-state index contributed by atoms with van der Waals surface area (Å²) in [6, 6.07) is 8.52. The number of halogens is 1. The summed E-state index contributed by atoms with van der Waals surface area (Å²) in [5, 5.41) is 3.56. The molecule has 0 saturated carbocycles. The molecule has 1 unspecified atom stereocenters. The lowest BCUT2D eigenvalue weighted by Gasteiger charge is -2.36. The van der Waals surface area contributed by atoms with Crippen molar-refractivity contribution >= 4 is 29.9 Å². The second kappa shape index (κ2) is 12.7. The van der Waals surface area contributed by atoms with Crippen molar-refractivity contribution in [2.75, 3.05) is 73.1 Å². The number of nitrogens with one attached hydrogen (secondary N) is 1. The molecular formula is C22H38IN5O. The molecule has 0 bridgehead atoms. The number of ether oxygens (including phenoxy) is 1. The van der Waals surface area contributed by atoms with Gasteiger partial charge in [0.1, 0.15) is 6.10 Å². The van der Waals surface area contributed by atoms with Gasteiger partial charge in [-0.2, -0.15) is 0 Å². The van der Waals surface area contributed by atoms with E-state index in [1.165, 1.54) is 56.7 Å². The summed E-state index contributed by atoms with van der Waals surface area (Å²) in [5.74, 6) is 1.00. The molecule has 2 heterocycles. The molecule has 2 saturated heterocycles. The average molecular weight is 515 g/mol. The van der Waals surface area contributed by atoms with Crippen LogP contribution in [0, 0.1) is 6.92 Å². The normalized spacial score (nSPS) is 21.7. The summed E-state index contributed by atoms with van der Waals surface area (Å²) < 4.78 is 6.05. The minimum atomic E-state index is 0. The lowest BCUT2D eigenvalue weighted by Crippen LogP contribution is -2.48. The van der Waals surface area contributed by atoms with Crippen LogP contribution in [0.2, 0.25) is 0 Å². The number of guanidine groups is 1. The number of benzene rings is 1. The van der Waals surface area contributed by atoms with Crippen LogP contribution >= 0.6 is 24.0 Å². The largest absolute Gasteiger partial charge is 0.370 e. The van der Waals surface area contributed by atoms with E-state index in [0.29, 0.717) is 0 Å². The van der Waals surface area contributed by atoms with Gasteiger partial charge in [-0.05, 0) is 44.5 Å². The molecule has 1 N–H and O–H groups in total. The van der Waals surface area contributed by atoms with E-state index in [1.807, 2.05) is 7.05 Å². The maximum Gasteiger partial charge on any atom is 0.193 e. The number of aryl methyl sites for hydroxylation is 1. The third kappa shape index (κ3) is 7.38. The molecule has 1 aromatic carbocycles. The van der Waals surface area contributed by atoms with Gasteiger partial charge in [-0.15, -0.1) is 24.0 Å². The molecule has 0 radical (unpaired) electrons. The Morgan fingerprint density at radius 3 is 2.62 bits per heavy atom. The molecule has 2 fully saturated rings. The minimum absolute atomic E-state index is 0. The molecule has 6 nitrogen and oxygen atoms in total. The van der Waals surface area contributed by atoms with Crippen molar-refractivity contribution < 1.29 is 4.74 Å². The summed E-state index contributed by atoms with van der Waals surface area (Å²) in [4.78, 5) is 11.9. The van der Waals surface area contributed by atoms with E-state index in [0.717, 1.165) is 32.2 Å². The van der Waals surface area contributed by atoms with Crippen molar-refractivity contribution in [2.24, 2.45) is 4.99 Å². The van der Waals surface area contributed by atoms with Crippen molar-refractivity contribution in [1.82, 2.24) is 20.0 Å². The third-order valence-electron chi connectivity index (χ3n) is 5.89. The number of hydrogen-bond acceptors (Lipinski definition) is 4. The van der Waals surface area contributed by atoms with Gasteiger partial charge in [0, 0.05) is 46.3 Å². The number of piperazine rings is 1. The van der Waals surface area contributed by atoms with Crippen molar-refractivity contribution in [1.29, 1.82) is 0 Å². The Morgan fingerprint density at radius 1 is 1.14 bits per heavy atom. The van der Waals surface area contributed by atoms with Gasteiger partial charge in [-0.1, -0.05) is 24.3 Å². The van der Waals surface area contributed by atoms with Gasteiger partial charge in [0.15, 0.2) is 5.96 Å². The number of nitrogens with zero attached hydrogens (tertiary/aromatic N) is 4. The molecule has 0 amide bonds. The number of aliphatic imine (C=N–C) groups is 1. The summed E-state index contributed by atoms with van der Waals surface area (Å²) >= 11 is 0. The van der Waals surface area contributed by atoms with E-state index >= 15 is 0 Å². The van der Waals surface area contributed by atoms with E-state index in [1.54, 1.807) is 0 Å². The number of hydrogen-bond donors (Lipinski definition) is 1. The van der Waals surface area contributed by atoms with Gasteiger partial charge in [-0.25, -0.2) is 0 Å². The van der Waals surface area contributed by atoms with Crippen molar-refractivity contribution in [3.05, 3.63) is 35.4 Å². The predicted molar refractivity (Wildman–Crippen MR) is 131 cm³/mol. The molecule has 0 aromatic heterocycles. The van der Waals surface area contributed by atoms with Crippen LogP contribution in [-0.2, 0) is 4.74 Å². The quantitative estimate of drug-likeness (QED) is 0.273. The average Bonchev–Trinajstić information content (AvgIpc) is 2.72. The maximum absolute atomic E-state index is 6.05. The first-order valence-corrected chi connectivity index (χ1v) is 10.7. The van der Waals surface area contributed by atoms with Crippen molar-refractivity contribution in [2.45, 2.75) is 25.9 Å². The van der Waals surface area contributed by atoms with Gasteiger partial charge in [-0.3, -0.25) is 4.99 Å². The van der Waals surface area contributed by atoms with Crippen LogP contribution < -0.4 is 5.32 Å².